The van der Waals surface area contributed by atoms with Crippen molar-refractivity contribution in [3.63, 3.8) is 0 Å². The fourth-order valence-electron chi connectivity index (χ4n) is 1.61. The van der Waals surface area contributed by atoms with E-state index in [4.69, 9.17) is 14.2 Å². The molecule has 22 heavy (non-hydrogen) atoms. The van der Waals surface area contributed by atoms with Gasteiger partial charge in [0.15, 0.2) is 6.61 Å². The predicted molar refractivity (Wildman–Crippen MR) is 82.8 cm³/mol. The van der Waals surface area contributed by atoms with Crippen LogP contribution < -0.4 is 14.8 Å². The number of esters is 1. The molecule has 0 heterocycles. The largest absolute Gasteiger partial charge is 0.497 e. The van der Waals surface area contributed by atoms with Gasteiger partial charge < -0.3 is 19.5 Å². The molecule has 1 aromatic rings. The molecule has 0 unspecified atom stereocenters. The maximum absolute atomic E-state index is 11.6. The Labute approximate surface area is 130 Å². The van der Waals surface area contributed by atoms with Crippen LogP contribution in [0.3, 0.4) is 0 Å². The Hall–Kier alpha value is -2.50. The molecule has 1 aromatic carbocycles. The highest BCUT2D eigenvalue weighted by Gasteiger charge is 2.05. The summed E-state index contributed by atoms with van der Waals surface area (Å²) in [5.74, 6) is 0.323. The molecule has 0 saturated heterocycles. The summed E-state index contributed by atoms with van der Waals surface area (Å²) >= 11 is 0. The third-order valence-corrected chi connectivity index (χ3v) is 2.76. The summed E-state index contributed by atoms with van der Waals surface area (Å²) in [6, 6.07) is 5.23. The third kappa shape index (κ3) is 5.87. The molecule has 0 aliphatic rings. The minimum absolute atomic E-state index is 0.289. The molecule has 0 aliphatic heterocycles. The van der Waals surface area contributed by atoms with E-state index in [1.165, 1.54) is 13.2 Å². The van der Waals surface area contributed by atoms with Gasteiger partial charge in [-0.2, -0.15) is 0 Å². The Morgan fingerprint density at radius 1 is 1.23 bits per heavy atom. The molecular weight excluding hydrogens is 286 g/mol. The molecular formula is C16H21NO5. The van der Waals surface area contributed by atoms with Gasteiger partial charge in [0.1, 0.15) is 11.5 Å². The highest BCUT2D eigenvalue weighted by molar-refractivity contribution is 5.89. The second-order valence-corrected chi connectivity index (χ2v) is 4.40. The van der Waals surface area contributed by atoms with Crippen molar-refractivity contribution in [2.75, 3.05) is 27.4 Å². The Balaban J connectivity index is 2.57. The molecule has 0 atom stereocenters. The van der Waals surface area contributed by atoms with E-state index in [1.807, 2.05) is 6.92 Å². The van der Waals surface area contributed by atoms with Crippen LogP contribution in [0.4, 0.5) is 0 Å². The number of carbonyl (C=O) groups is 2. The summed E-state index contributed by atoms with van der Waals surface area (Å²) in [5, 5.41) is 2.62. The van der Waals surface area contributed by atoms with Crippen LogP contribution in [0, 0.1) is 0 Å². The first kappa shape index (κ1) is 17.6. The maximum atomic E-state index is 11.6. The fourth-order valence-corrected chi connectivity index (χ4v) is 1.61. The lowest BCUT2D eigenvalue weighted by Crippen LogP contribution is -2.28. The van der Waals surface area contributed by atoms with E-state index in [2.05, 4.69) is 5.32 Å². The second kappa shape index (κ2) is 9.44. The van der Waals surface area contributed by atoms with Gasteiger partial charge >= 0.3 is 5.97 Å². The van der Waals surface area contributed by atoms with Crippen molar-refractivity contribution >= 4 is 18.0 Å². The fraction of sp³-hybridized carbons (Fsp3) is 0.375. The van der Waals surface area contributed by atoms with Crippen molar-refractivity contribution in [2.24, 2.45) is 0 Å². The summed E-state index contributed by atoms with van der Waals surface area (Å²) in [4.78, 5) is 22.9. The standard InChI is InChI=1S/C16H21NO5/c1-4-9-17-15(18)11-22-16(19)8-6-12-5-7-13(20-2)10-14(12)21-3/h5-8,10H,4,9,11H2,1-3H3,(H,17,18). The lowest BCUT2D eigenvalue weighted by atomic mass is 10.2. The summed E-state index contributed by atoms with van der Waals surface area (Å²) in [6.45, 7) is 2.22. The number of amides is 1. The molecule has 1 amide bonds. The number of methoxy groups -OCH3 is 2. The summed E-state index contributed by atoms with van der Waals surface area (Å²) in [6.07, 6.45) is 3.64. The monoisotopic (exact) mass is 307 g/mol. The molecule has 1 rings (SSSR count). The Kier molecular flexibility index (Phi) is 7.53. The van der Waals surface area contributed by atoms with Crippen molar-refractivity contribution < 1.29 is 23.8 Å². The first-order chi connectivity index (χ1) is 10.6. The van der Waals surface area contributed by atoms with Gasteiger partial charge in [-0.05, 0) is 24.6 Å². The van der Waals surface area contributed by atoms with E-state index >= 15 is 0 Å². The molecule has 120 valence electrons. The highest BCUT2D eigenvalue weighted by Crippen LogP contribution is 2.25. The maximum Gasteiger partial charge on any atom is 0.331 e. The first-order valence-corrected chi connectivity index (χ1v) is 6.94. The van der Waals surface area contributed by atoms with Crippen LogP contribution in [0.15, 0.2) is 24.3 Å². The van der Waals surface area contributed by atoms with Gasteiger partial charge in [-0.1, -0.05) is 6.92 Å². The predicted octanol–water partition coefficient (Wildman–Crippen LogP) is 1.79. The molecule has 1 N–H and O–H groups in total. The average Bonchev–Trinajstić information content (AvgIpc) is 2.55. The average molecular weight is 307 g/mol. The van der Waals surface area contributed by atoms with Crippen LogP contribution in [0.5, 0.6) is 11.5 Å². The quantitative estimate of drug-likeness (QED) is 0.585. The third-order valence-electron chi connectivity index (χ3n) is 2.76. The van der Waals surface area contributed by atoms with Crippen LogP contribution in [0.25, 0.3) is 6.08 Å². The van der Waals surface area contributed by atoms with E-state index in [1.54, 1.807) is 31.4 Å². The molecule has 0 aliphatic carbocycles. The number of ether oxygens (including phenoxy) is 3. The lowest BCUT2D eigenvalue weighted by Gasteiger charge is -2.07. The number of hydrogen-bond donors (Lipinski definition) is 1. The molecule has 0 radical (unpaired) electrons. The zero-order chi connectivity index (χ0) is 16.4. The molecule has 0 spiro atoms. The molecule has 0 fully saturated rings. The number of benzene rings is 1. The van der Waals surface area contributed by atoms with Crippen molar-refractivity contribution in [1.29, 1.82) is 0 Å². The smallest absolute Gasteiger partial charge is 0.331 e. The highest BCUT2D eigenvalue weighted by atomic mass is 16.5. The normalized spacial score (nSPS) is 10.3. The zero-order valence-electron chi connectivity index (χ0n) is 13.0. The van der Waals surface area contributed by atoms with Gasteiger partial charge in [0.05, 0.1) is 14.2 Å². The molecule has 0 bridgehead atoms. The van der Waals surface area contributed by atoms with Crippen LogP contribution >= 0.6 is 0 Å². The summed E-state index contributed by atoms with van der Waals surface area (Å²) in [7, 11) is 3.09. The van der Waals surface area contributed by atoms with Crippen molar-refractivity contribution in [3.8, 4) is 11.5 Å². The van der Waals surface area contributed by atoms with E-state index in [0.717, 1.165) is 6.42 Å². The molecule has 0 aromatic heterocycles. The van der Waals surface area contributed by atoms with E-state index in [9.17, 15) is 9.59 Å². The van der Waals surface area contributed by atoms with Gasteiger partial charge in [-0.15, -0.1) is 0 Å². The second-order valence-electron chi connectivity index (χ2n) is 4.40. The van der Waals surface area contributed by atoms with Gasteiger partial charge in [0, 0.05) is 24.3 Å². The zero-order valence-corrected chi connectivity index (χ0v) is 13.0. The van der Waals surface area contributed by atoms with Crippen molar-refractivity contribution in [1.82, 2.24) is 5.32 Å². The van der Waals surface area contributed by atoms with Crippen LogP contribution in [-0.2, 0) is 14.3 Å². The minimum atomic E-state index is -0.593. The Bertz CT molecular complexity index is 539. The van der Waals surface area contributed by atoms with E-state index in [0.29, 0.717) is 23.6 Å². The minimum Gasteiger partial charge on any atom is -0.497 e. The number of hydrogen-bond acceptors (Lipinski definition) is 5. The summed E-state index contributed by atoms with van der Waals surface area (Å²) in [5.41, 5.74) is 0.704. The number of carbonyl (C=O) groups excluding carboxylic acids is 2. The molecule has 6 nitrogen and oxygen atoms in total. The van der Waals surface area contributed by atoms with Crippen molar-refractivity contribution in [3.05, 3.63) is 29.8 Å². The van der Waals surface area contributed by atoms with Gasteiger partial charge in [0.25, 0.3) is 5.91 Å². The van der Waals surface area contributed by atoms with Gasteiger partial charge in [-0.3, -0.25) is 4.79 Å². The van der Waals surface area contributed by atoms with Crippen molar-refractivity contribution in [2.45, 2.75) is 13.3 Å². The first-order valence-electron chi connectivity index (χ1n) is 6.94. The van der Waals surface area contributed by atoms with Crippen LogP contribution in [-0.4, -0.2) is 39.2 Å². The molecule has 0 saturated carbocycles. The van der Waals surface area contributed by atoms with Gasteiger partial charge in [-0.25, -0.2) is 4.79 Å². The summed E-state index contributed by atoms with van der Waals surface area (Å²) < 4.78 is 15.1. The van der Waals surface area contributed by atoms with E-state index < -0.39 is 5.97 Å². The van der Waals surface area contributed by atoms with Gasteiger partial charge in [0.2, 0.25) is 0 Å². The lowest BCUT2D eigenvalue weighted by molar-refractivity contribution is -0.143. The van der Waals surface area contributed by atoms with Crippen LogP contribution in [0.2, 0.25) is 0 Å². The van der Waals surface area contributed by atoms with E-state index in [-0.39, 0.29) is 12.5 Å². The number of nitrogens with one attached hydrogen (secondary N) is 1. The van der Waals surface area contributed by atoms with Crippen LogP contribution in [0.1, 0.15) is 18.9 Å². The topological polar surface area (TPSA) is 73.9 Å². The Morgan fingerprint density at radius 3 is 2.64 bits per heavy atom. The Morgan fingerprint density at radius 2 is 2.00 bits per heavy atom. The number of rotatable bonds is 8. The SMILES string of the molecule is CCCNC(=O)COC(=O)C=Cc1ccc(OC)cc1OC. The molecule has 6 heteroatoms.